The minimum atomic E-state index is 0.389. The van der Waals surface area contributed by atoms with E-state index in [4.69, 9.17) is 0 Å². The molecule has 19 heavy (non-hydrogen) atoms. The van der Waals surface area contributed by atoms with Crippen LogP contribution in [0.1, 0.15) is 18.4 Å². The van der Waals surface area contributed by atoms with E-state index in [-0.39, 0.29) is 0 Å². The van der Waals surface area contributed by atoms with Gasteiger partial charge in [-0.15, -0.1) is 0 Å². The number of aromatic nitrogens is 3. The van der Waals surface area contributed by atoms with Gasteiger partial charge in [-0.3, -0.25) is 9.67 Å². The van der Waals surface area contributed by atoms with Crippen molar-refractivity contribution >= 4 is 0 Å². The third-order valence-electron chi connectivity index (χ3n) is 4.72. The summed E-state index contributed by atoms with van der Waals surface area (Å²) in [6, 6.07) is 4.41. The van der Waals surface area contributed by atoms with Gasteiger partial charge in [0.05, 0.1) is 11.9 Å². The Labute approximate surface area is 113 Å². The third kappa shape index (κ3) is 1.70. The summed E-state index contributed by atoms with van der Waals surface area (Å²) in [6.45, 7) is 3.73. The zero-order valence-corrected chi connectivity index (χ0v) is 11.2. The molecule has 4 nitrogen and oxygen atoms in total. The highest BCUT2D eigenvalue weighted by molar-refractivity contribution is 5.57. The van der Waals surface area contributed by atoms with Crippen LogP contribution in [0.25, 0.3) is 11.3 Å². The maximum atomic E-state index is 4.65. The maximum absolute atomic E-state index is 4.65. The summed E-state index contributed by atoms with van der Waals surface area (Å²) in [5.74, 6) is 0. The Bertz CT molecular complexity index is 591. The molecule has 98 valence electrons. The summed E-state index contributed by atoms with van der Waals surface area (Å²) in [5, 5.41) is 4.20. The van der Waals surface area contributed by atoms with Gasteiger partial charge < -0.3 is 4.90 Å². The Balaban J connectivity index is 1.66. The average molecular weight is 254 g/mol. The maximum Gasteiger partial charge on any atom is 0.0733 e. The summed E-state index contributed by atoms with van der Waals surface area (Å²) in [4.78, 5) is 7.21. The predicted octanol–water partition coefficient (Wildman–Crippen LogP) is 1.83. The SMILES string of the molecule is Cn1cc(-c2ccc(C34CCN(CC3)C4)cn2)cn1. The van der Waals surface area contributed by atoms with Gasteiger partial charge in [0.25, 0.3) is 0 Å². The first-order valence-corrected chi connectivity index (χ1v) is 6.93. The zero-order chi connectivity index (χ0) is 12.9. The number of hydrogen-bond acceptors (Lipinski definition) is 3. The molecule has 2 bridgehead atoms. The topological polar surface area (TPSA) is 34.0 Å². The Morgan fingerprint density at radius 1 is 1.16 bits per heavy atom. The van der Waals surface area contributed by atoms with Crippen molar-refractivity contribution in [3.05, 3.63) is 36.3 Å². The highest BCUT2D eigenvalue weighted by atomic mass is 15.2. The second-order valence-electron chi connectivity index (χ2n) is 5.89. The molecule has 0 unspecified atom stereocenters. The molecule has 2 aliphatic heterocycles. The van der Waals surface area contributed by atoms with E-state index in [9.17, 15) is 0 Å². The van der Waals surface area contributed by atoms with E-state index in [1.54, 1.807) is 0 Å². The largest absolute Gasteiger partial charge is 0.302 e. The molecule has 2 saturated heterocycles. The number of hydrogen-bond donors (Lipinski definition) is 0. The minimum Gasteiger partial charge on any atom is -0.302 e. The first-order valence-electron chi connectivity index (χ1n) is 6.93. The lowest BCUT2D eigenvalue weighted by Crippen LogP contribution is -2.24. The molecule has 0 aliphatic carbocycles. The van der Waals surface area contributed by atoms with E-state index in [1.165, 1.54) is 38.0 Å². The van der Waals surface area contributed by atoms with Crippen LogP contribution in [-0.4, -0.2) is 39.3 Å². The van der Waals surface area contributed by atoms with Crippen molar-refractivity contribution in [1.29, 1.82) is 0 Å². The number of aryl methyl sites for hydroxylation is 1. The number of piperidine rings is 1. The Kier molecular flexibility index (Phi) is 2.30. The van der Waals surface area contributed by atoms with Crippen molar-refractivity contribution in [2.75, 3.05) is 19.6 Å². The van der Waals surface area contributed by atoms with Crippen LogP contribution >= 0.6 is 0 Å². The van der Waals surface area contributed by atoms with Crippen LogP contribution in [0.4, 0.5) is 0 Å². The van der Waals surface area contributed by atoms with Gasteiger partial charge in [-0.1, -0.05) is 6.07 Å². The van der Waals surface area contributed by atoms with Crippen LogP contribution in [0.5, 0.6) is 0 Å². The molecule has 4 heterocycles. The van der Waals surface area contributed by atoms with E-state index in [1.807, 2.05) is 24.1 Å². The molecule has 0 atom stereocenters. The standard InChI is InChI=1S/C15H18N4/c1-18-10-12(8-17-18)14-3-2-13(9-16-14)15-4-6-19(11-15)7-5-15/h2-3,8-10H,4-7,11H2,1H3. The number of nitrogens with zero attached hydrogens (tertiary/aromatic N) is 4. The van der Waals surface area contributed by atoms with Crippen molar-refractivity contribution in [2.24, 2.45) is 7.05 Å². The lowest BCUT2D eigenvalue weighted by molar-refractivity contribution is 0.364. The fraction of sp³-hybridized carbons (Fsp3) is 0.467. The summed E-state index contributed by atoms with van der Waals surface area (Å²) < 4.78 is 1.81. The molecule has 0 amide bonds. The molecule has 4 heteroatoms. The van der Waals surface area contributed by atoms with Gasteiger partial charge >= 0.3 is 0 Å². The fourth-order valence-corrected chi connectivity index (χ4v) is 3.54. The fourth-order valence-electron chi connectivity index (χ4n) is 3.54. The summed E-state index contributed by atoms with van der Waals surface area (Å²) >= 11 is 0. The van der Waals surface area contributed by atoms with E-state index in [0.29, 0.717) is 5.41 Å². The number of pyridine rings is 1. The minimum absolute atomic E-state index is 0.389. The quantitative estimate of drug-likeness (QED) is 0.820. The van der Waals surface area contributed by atoms with Crippen molar-refractivity contribution < 1.29 is 0 Å². The first-order chi connectivity index (χ1) is 9.25. The van der Waals surface area contributed by atoms with Gasteiger partial charge in [0, 0.05) is 37.0 Å². The molecule has 0 N–H and O–H groups in total. The average Bonchev–Trinajstić information content (AvgIpc) is 3.15. The summed E-state index contributed by atoms with van der Waals surface area (Å²) in [6.07, 6.45) is 8.54. The number of rotatable bonds is 2. The third-order valence-corrected chi connectivity index (χ3v) is 4.72. The van der Waals surface area contributed by atoms with Gasteiger partial charge in [0.1, 0.15) is 0 Å². The molecule has 2 fully saturated rings. The van der Waals surface area contributed by atoms with E-state index >= 15 is 0 Å². The smallest absolute Gasteiger partial charge is 0.0733 e. The zero-order valence-electron chi connectivity index (χ0n) is 11.2. The second-order valence-corrected chi connectivity index (χ2v) is 5.89. The molecule has 4 rings (SSSR count). The van der Waals surface area contributed by atoms with Crippen LogP contribution in [0.2, 0.25) is 0 Å². The highest BCUT2D eigenvalue weighted by Crippen LogP contribution is 2.42. The number of fused-ring (bicyclic) bond motifs is 2. The van der Waals surface area contributed by atoms with E-state index in [2.05, 4.69) is 33.3 Å². The van der Waals surface area contributed by atoms with Crippen molar-refractivity contribution in [3.63, 3.8) is 0 Å². The summed E-state index contributed by atoms with van der Waals surface area (Å²) in [5.41, 5.74) is 3.91. The summed E-state index contributed by atoms with van der Waals surface area (Å²) in [7, 11) is 1.93. The Hall–Kier alpha value is -1.68. The molecule has 2 aromatic heterocycles. The van der Waals surface area contributed by atoms with Crippen molar-refractivity contribution in [1.82, 2.24) is 19.7 Å². The lowest BCUT2D eigenvalue weighted by Gasteiger charge is -2.25. The Morgan fingerprint density at radius 3 is 2.53 bits per heavy atom. The molecule has 2 aliphatic rings. The van der Waals surface area contributed by atoms with E-state index in [0.717, 1.165) is 11.3 Å². The van der Waals surface area contributed by atoms with Crippen LogP contribution in [0.3, 0.4) is 0 Å². The molecule has 0 radical (unpaired) electrons. The van der Waals surface area contributed by atoms with E-state index < -0.39 is 0 Å². The molecular weight excluding hydrogens is 236 g/mol. The van der Waals surface area contributed by atoms with Crippen LogP contribution < -0.4 is 0 Å². The molecule has 0 spiro atoms. The van der Waals surface area contributed by atoms with Crippen LogP contribution in [0, 0.1) is 0 Å². The normalized spacial score (nSPS) is 29.0. The second kappa shape index (κ2) is 3.90. The van der Waals surface area contributed by atoms with Crippen LogP contribution in [0.15, 0.2) is 30.7 Å². The molecule has 0 aromatic carbocycles. The lowest BCUT2D eigenvalue weighted by atomic mass is 9.78. The molecule has 2 aromatic rings. The molecular formula is C15H18N4. The van der Waals surface area contributed by atoms with Crippen molar-refractivity contribution in [2.45, 2.75) is 18.3 Å². The van der Waals surface area contributed by atoms with Crippen molar-refractivity contribution in [3.8, 4) is 11.3 Å². The van der Waals surface area contributed by atoms with Gasteiger partial charge in [-0.2, -0.15) is 5.10 Å². The molecule has 0 saturated carbocycles. The monoisotopic (exact) mass is 254 g/mol. The van der Waals surface area contributed by atoms with Gasteiger partial charge in [0.15, 0.2) is 0 Å². The van der Waals surface area contributed by atoms with Gasteiger partial charge in [-0.25, -0.2) is 0 Å². The first kappa shape index (κ1) is 11.2. The van der Waals surface area contributed by atoms with Crippen LogP contribution in [-0.2, 0) is 12.5 Å². The highest BCUT2D eigenvalue weighted by Gasteiger charge is 2.44. The van der Waals surface area contributed by atoms with Gasteiger partial charge in [0.2, 0.25) is 0 Å². The van der Waals surface area contributed by atoms with Gasteiger partial charge in [-0.05, 0) is 37.6 Å². The predicted molar refractivity (Wildman–Crippen MR) is 73.8 cm³/mol. The Morgan fingerprint density at radius 2 is 2.00 bits per heavy atom.